The maximum atomic E-state index is 14.1. The lowest BCUT2D eigenvalue weighted by Crippen LogP contribution is -2.53. The largest absolute Gasteiger partial charge is 0.492 e. The standard InChI is InChI=1S/C35H43N3O3/c1-35(2,3)28-17-16-24-12-9-15-31(30(24)22-28)36-33(39)32-21-25-10-6-7-11-27(25)23-38(32)34(40)26-13-8-14-29(20-26)41-19-18-37(4)5/h6-8,10-11,13-14,16-17,20,22,31-32H,9,12,15,18-19,21,23H2,1-5H3,(H,36,39). The molecule has 0 radical (unpaired) electrons. The fraction of sp³-hybridized carbons (Fsp3) is 0.429. The summed E-state index contributed by atoms with van der Waals surface area (Å²) in [6, 6.07) is 21.5. The topological polar surface area (TPSA) is 61.9 Å². The van der Waals surface area contributed by atoms with E-state index >= 15 is 0 Å². The number of nitrogens with zero attached hydrogens (tertiary/aromatic N) is 2. The first-order valence-corrected chi connectivity index (χ1v) is 14.8. The Morgan fingerprint density at radius 3 is 2.51 bits per heavy atom. The number of hydrogen-bond acceptors (Lipinski definition) is 4. The van der Waals surface area contributed by atoms with E-state index in [1.165, 1.54) is 16.7 Å². The van der Waals surface area contributed by atoms with Crippen LogP contribution in [0, 0.1) is 0 Å². The molecular weight excluding hydrogens is 510 g/mol. The van der Waals surface area contributed by atoms with Gasteiger partial charge in [-0.1, -0.05) is 69.3 Å². The molecule has 0 saturated heterocycles. The molecule has 0 aromatic heterocycles. The molecule has 0 bridgehead atoms. The minimum Gasteiger partial charge on any atom is -0.492 e. The van der Waals surface area contributed by atoms with Crippen LogP contribution in [0.4, 0.5) is 0 Å². The Labute approximate surface area is 244 Å². The number of likely N-dealkylation sites (N-methyl/N-ethyl adjacent to an activating group) is 1. The van der Waals surface area contributed by atoms with Crippen LogP contribution in [0.2, 0.25) is 0 Å². The highest BCUT2D eigenvalue weighted by molar-refractivity contribution is 5.98. The molecule has 3 aromatic rings. The summed E-state index contributed by atoms with van der Waals surface area (Å²) >= 11 is 0. The Hall–Kier alpha value is -3.64. The number of hydrogen-bond donors (Lipinski definition) is 1. The van der Waals surface area contributed by atoms with Gasteiger partial charge in [0.1, 0.15) is 18.4 Å². The molecule has 41 heavy (non-hydrogen) atoms. The van der Waals surface area contributed by atoms with E-state index < -0.39 is 6.04 Å². The Morgan fingerprint density at radius 2 is 1.76 bits per heavy atom. The molecule has 0 saturated carbocycles. The molecule has 6 heteroatoms. The second-order valence-corrected chi connectivity index (χ2v) is 12.7. The molecule has 0 fully saturated rings. The predicted octanol–water partition coefficient (Wildman–Crippen LogP) is 5.69. The second kappa shape index (κ2) is 12.1. The molecular formula is C35H43N3O3. The van der Waals surface area contributed by atoms with E-state index in [-0.39, 0.29) is 23.3 Å². The van der Waals surface area contributed by atoms with Crippen LogP contribution in [-0.2, 0) is 29.6 Å². The summed E-state index contributed by atoms with van der Waals surface area (Å²) < 4.78 is 5.90. The molecule has 3 aromatic carbocycles. The van der Waals surface area contributed by atoms with Crippen molar-refractivity contribution in [2.24, 2.45) is 0 Å². The van der Waals surface area contributed by atoms with Crippen molar-refractivity contribution in [3.63, 3.8) is 0 Å². The number of nitrogens with one attached hydrogen (secondary N) is 1. The SMILES string of the molecule is CN(C)CCOc1cccc(C(=O)N2Cc3ccccc3CC2C(=O)NC2CCCc3ccc(C(C)(C)C)cc32)c1. The fourth-order valence-corrected chi connectivity index (χ4v) is 5.88. The van der Waals surface area contributed by atoms with E-state index in [0.29, 0.717) is 30.9 Å². The van der Waals surface area contributed by atoms with E-state index in [1.807, 2.05) is 44.4 Å². The van der Waals surface area contributed by atoms with Crippen molar-refractivity contribution in [3.8, 4) is 5.75 Å². The van der Waals surface area contributed by atoms with Gasteiger partial charge in [-0.3, -0.25) is 9.59 Å². The average Bonchev–Trinajstić information content (AvgIpc) is 2.95. The molecule has 5 rings (SSSR count). The van der Waals surface area contributed by atoms with Crippen molar-refractivity contribution in [1.82, 2.24) is 15.1 Å². The van der Waals surface area contributed by atoms with Crippen LogP contribution in [0.15, 0.2) is 66.7 Å². The summed E-state index contributed by atoms with van der Waals surface area (Å²) in [5.74, 6) is 0.409. The van der Waals surface area contributed by atoms with Gasteiger partial charge in [-0.25, -0.2) is 0 Å². The highest BCUT2D eigenvalue weighted by Gasteiger charge is 2.36. The van der Waals surface area contributed by atoms with Crippen molar-refractivity contribution < 1.29 is 14.3 Å². The third-order valence-corrected chi connectivity index (χ3v) is 8.34. The minimum atomic E-state index is -0.591. The van der Waals surface area contributed by atoms with Crippen LogP contribution < -0.4 is 10.1 Å². The smallest absolute Gasteiger partial charge is 0.254 e. The number of carbonyl (C=O) groups excluding carboxylic acids is 2. The van der Waals surface area contributed by atoms with E-state index in [9.17, 15) is 9.59 Å². The highest BCUT2D eigenvalue weighted by atomic mass is 16.5. The molecule has 216 valence electrons. The molecule has 1 heterocycles. The quantitative estimate of drug-likeness (QED) is 0.409. The Bertz CT molecular complexity index is 1410. The van der Waals surface area contributed by atoms with Gasteiger partial charge < -0.3 is 19.9 Å². The molecule has 2 amide bonds. The Morgan fingerprint density at radius 1 is 0.976 bits per heavy atom. The summed E-state index contributed by atoms with van der Waals surface area (Å²) in [6.45, 7) is 8.37. The van der Waals surface area contributed by atoms with E-state index in [4.69, 9.17) is 4.74 Å². The van der Waals surface area contributed by atoms with E-state index in [0.717, 1.165) is 36.9 Å². The van der Waals surface area contributed by atoms with Crippen LogP contribution in [0.5, 0.6) is 5.75 Å². The third-order valence-electron chi connectivity index (χ3n) is 8.34. The predicted molar refractivity (Wildman–Crippen MR) is 163 cm³/mol. The lowest BCUT2D eigenvalue weighted by atomic mass is 9.80. The minimum absolute atomic E-state index is 0.0298. The van der Waals surface area contributed by atoms with Gasteiger partial charge in [-0.05, 0) is 84.8 Å². The van der Waals surface area contributed by atoms with Gasteiger partial charge in [0.2, 0.25) is 5.91 Å². The third kappa shape index (κ3) is 6.65. The van der Waals surface area contributed by atoms with Gasteiger partial charge >= 0.3 is 0 Å². The summed E-state index contributed by atoms with van der Waals surface area (Å²) in [5, 5.41) is 3.38. The molecule has 2 unspecified atom stereocenters. The average molecular weight is 554 g/mol. The number of aryl methyl sites for hydroxylation is 1. The molecule has 2 aliphatic rings. The van der Waals surface area contributed by atoms with Gasteiger partial charge in [0.05, 0.1) is 6.04 Å². The second-order valence-electron chi connectivity index (χ2n) is 12.7. The molecule has 1 aliphatic heterocycles. The zero-order valence-corrected chi connectivity index (χ0v) is 25.1. The molecule has 1 N–H and O–H groups in total. The van der Waals surface area contributed by atoms with Crippen LogP contribution in [0.25, 0.3) is 0 Å². The first-order chi connectivity index (χ1) is 19.6. The van der Waals surface area contributed by atoms with Crippen molar-refractivity contribution in [2.75, 3.05) is 27.2 Å². The molecule has 1 aliphatic carbocycles. The van der Waals surface area contributed by atoms with Crippen molar-refractivity contribution in [1.29, 1.82) is 0 Å². The highest BCUT2D eigenvalue weighted by Crippen LogP contribution is 2.34. The normalized spacial score (nSPS) is 18.4. The van der Waals surface area contributed by atoms with E-state index in [1.54, 1.807) is 11.0 Å². The Balaban J connectivity index is 1.40. The van der Waals surface area contributed by atoms with Crippen LogP contribution >= 0.6 is 0 Å². The monoisotopic (exact) mass is 553 g/mol. The van der Waals surface area contributed by atoms with Crippen molar-refractivity contribution >= 4 is 11.8 Å². The van der Waals surface area contributed by atoms with E-state index in [2.05, 4.69) is 61.3 Å². The zero-order valence-electron chi connectivity index (χ0n) is 25.1. The van der Waals surface area contributed by atoms with Gasteiger partial charge in [-0.2, -0.15) is 0 Å². The summed E-state index contributed by atoms with van der Waals surface area (Å²) in [4.78, 5) is 31.8. The Kier molecular flexibility index (Phi) is 8.50. The summed E-state index contributed by atoms with van der Waals surface area (Å²) in [7, 11) is 4.00. The summed E-state index contributed by atoms with van der Waals surface area (Å²) in [6.07, 6.45) is 3.45. The molecule has 2 atom stereocenters. The van der Waals surface area contributed by atoms with Crippen LogP contribution in [0.3, 0.4) is 0 Å². The van der Waals surface area contributed by atoms with Gasteiger partial charge in [0, 0.05) is 25.1 Å². The van der Waals surface area contributed by atoms with Gasteiger partial charge in [-0.15, -0.1) is 0 Å². The lowest BCUT2D eigenvalue weighted by Gasteiger charge is -2.37. The number of carbonyl (C=O) groups is 2. The first-order valence-electron chi connectivity index (χ1n) is 14.8. The molecule has 0 spiro atoms. The number of ether oxygens (including phenoxy) is 1. The maximum Gasteiger partial charge on any atom is 0.254 e. The summed E-state index contributed by atoms with van der Waals surface area (Å²) in [5.41, 5.74) is 6.56. The van der Waals surface area contributed by atoms with Crippen molar-refractivity contribution in [3.05, 3.63) is 100 Å². The molecule has 6 nitrogen and oxygen atoms in total. The fourth-order valence-electron chi connectivity index (χ4n) is 5.88. The van der Waals surface area contributed by atoms with Crippen LogP contribution in [0.1, 0.15) is 77.8 Å². The zero-order chi connectivity index (χ0) is 29.1. The number of rotatable bonds is 7. The maximum absolute atomic E-state index is 14.1. The number of benzene rings is 3. The van der Waals surface area contributed by atoms with Crippen molar-refractivity contribution in [2.45, 2.75) is 70.5 Å². The number of fused-ring (bicyclic) bond motifs is 2. The number of amides is 2. The van der Waals surface area contributed by atoms with Crippen LogP contribution in [-0.4, -0.2) is 54.9 Å². The lowest BCUT2D eigenvalue weighted by molar-refractivity contribution is -0.127. The van der Waals surface area contributed by atoms with Gasteiger partial charge in [0.25, 0.3) is 5.91 Å². The first kappa shape index (κ1) is 28.9. The van der Waals surface area contributed by atoms with Gasteiger partial charge in [0.15, 0.2) is 0 Å².